The quantitative estimate of drug-likeness (QED) is 0.607. The highest BCUT2D eigenvalue weighted by molar-refractivity contribution is 7.10. The first-order valence-corrected chi connectivity index (χ1v) is 9.42. The maximum absolute atomic E-state index is 12.8. The number of benzene rings is 1. The van der Waals surface area contributed by atoms with Crippen LogP contribution in [0.25, 0.3) is 0 Å². The Morgan fingerprint density at radius 2 is 1.85 bits per heavy atom. The lowest BCUT2D eigenvalue weighted by Crippen LogP contribution is -2.28. The molecule has 0 saturated heterocycles. The molecule has 0 bridgehead atoms. The van der Waals surface area contributed by atoms with Gasteiger partial charge in [-0.25, -0.2) is 0 Å². The molecule has 0 radical (unpaired) electrons. The average Bonchev–Trinajstić information content (AvgIpc) is 3.24. The van der Waals surface area contributed by atoms with Gasteiger partial charge in [0.15, 0.2) is 11.6 Å². The molecule has 2 N–H and O–H groups in total. The summed E-state index contributed by atoms with van der Waals surface area (Å²) in [6.45, 7) is 5.36. The van der Waals surface area contributed by atoms with Gasteiger partial charge in [0.1, 0.15) is 0 Å². The SMILES string of the molecule is CC(=O)c1c(C)[nH]c(C(=O)CN[C@H](c2ccccc2)c2cccs2)c1C. The van der Waals surface area contributed by atoms with Crippen LogP contribution in [-0.4, -0.2) is 23.1 Å². The lowest BCUT2D eigenvalue weighted by molar-refractivity contribution is 0.0983. The molecule has 26 heavy (non-hydrogen) atoms. The molecule has 0 spiro atoms. The van der Waals surface area contributed by atoms with Gasteiger partial charge in [-0.05, 0) is 43.3 Å². The van der Waals surface area contributed by atoms with Gasteiger partial charge in [0.05, 0.1) is 18.3 Å². The van der Waals surface area contributed by atoms with Crippen LogP contribution in [0, 0.1) is 13.8 Å². The minimum Gasteiger partial charge on any atom is -0.355 e. The first kappa shape index (κ1) is 18.3. The fourth-order valence-corrected chi connectivity index (χ4v) is 4.15. The first-order valence-electron chi connectivity index (χ1n) is 8.54. The maximum Gasteiger partial charge on any atom is 0.193 e. The second-order valence-corrected chi connectivity index (χ2v) is 7.32. The second-order valence-electron chi connectivity index (χ2n) is 6.34. The van der Waals surface area contributed by atoms with E-state index in [1.165, 1.54) is 6.92 Å². The molecule has 0 aliphatic rings. The van der Waals surface area contributed by atoms with Gasteiger partial charge in [-0.3, -0.25) is 14.9 Å². The molecule has 5 heteroatoms. The molecule has 134 valence electrons. The fraction of sp³-hybridized carbons (Fsp3) is 0.238. The van der Waals surface area contributed by atoms with E-state index in [1.54, 1.807) is 11.3 Å². The fourth-order valence-electron chi connectivity index (χ4n) is 3.32. The number of hydrogen-bond donors (Lipinski definition) is 2. The zero-order valence-corrected chi connectivity index (χ0v) is 15.9. The van der Waals surface area contributed by atoms with E-state index in [9.17, 15) is 9.59 Å². The number of hydrogen-bond acceptors (Lipinski definition) is 4. The number of ketones is 2. The van der Waals surface area contributed by atoms with Gasteiger partial charge in [0.2, 0.25) is 0 Å². The summed E-state index contributed by atoms with van der Waals surface area (Å²) in [6.07, 6.45) is 0. The average molecular weight is 366 g/mol. The molecule has 0 aliphatic carbocycles. The highest BCUT2D eigenvalue weighted by Crippen LogP contribution is 2.26. The monoisotopic (exact) mass is 366 g/mol. The normalized spacial score (nSPS) is 12.1. The van der Waals surface area contributed by atoms with Crippen molar-refractivity contribution in [3.63, 3.8) is 0 Å². The van der Waals surface area contributed by atoms with Gasteiger partial charge in [-0.15, -0.1) is 11.3 Å². The molecule has 1 aromatic carbocycles. The summed E-state index contributed by atoms with van der Waals surface area (Å²) in [4.78, 5) is 28.8. The number of aryl methyl sites for hydroxylation is 1. The molecule has 4 nitrogen and oxygen atoms in total. The van der Waals surface area contributed by atoms with Crippen molar-refractivity contribution >= 4 is 22.9 Å². The van der Waals surface area contributed by atoms with Crippen molar-refractivity contribution in [2.24, 2.45) is 0 Å². The number of nitrogens with one attached hydrogen (secondary N) is 2. The van der Waals surface area contributed by atoms with E-state index >= 15 is 0 Å². The number of carbonyl (C=O) groups is 2. The minimum atomic E-state index is -0.0458. The van der Waals surface area contributed by atoms with Crippen molar-refractivity contribution in [2.75, 3.05) is 6.54 Å². The van der Waals surface area contributed by atoms with Gasteiger partial charge < -0.3 is 4.98 Å². The Morgan fingerprint density at radius 1 is 1.12 bits per heavy atom. The third-order valence-electron chi connectivity index (χ3n) is 4.50. The summed E-state index contributed by atoms with van der Waals surface area (Å²) in [5.74, 6) is -0.0698. The minimum absolute atomic E-state index is 0.0241. The Labute approximate surface area is 157 Å². The van der Waals surface area contributed by atoms with E-state index in [1.807, 2.05) is 43.5 Å². The number of thiophene rings is 1. The molecule has 0 fully saturated rings. The number of aromatic nitrogens is 1. The van der Waals surface area contributed by atoms with Crippen molar-refractivity contribution in [3.05, 3.63) is 80.8 Å². The molecule has 1 atom stereocenters. The van der Waals surface area contributed by atoms with Gasteiger partial charge in [-0.2, -0.15) is 0 Å². The van der Waals surface area contributed by atoms with Crippen LogP contribution < -0.4 is 5.32 Å². The molecule has 0 amide bonds. The van der Waals surface area contributed by atoms with E-state index in [2.05, 4.69) is 28.5 Å². The molecular weight excluding hydrogens is 344 g/mol. The predicted octanol–water partition coefficient (Wildman–Crippen LogP) is 4.46. The van der Waals surface area contributed by atoms with Crippen molar-refractivity contribution in [1.29, 1.82) is 0 Å². The van der Waals surface area contributed by atoms with Crippen molar-refractivity contribution in [1.82, 2.24) is 10.3 Å². The van der Waals surface area contributed by atoms with E-state index in [0.29, 0.717) is 11.3 Å². The van der Waals surface area contributed by atoms with Gasteiger partial charge >= 0.3 is 0 Å². The Morgan fingerprint density at radius 3 is 2.42 bits per heavy atom. The van der Waals surface area contributed by atoms with Crippen LogP contribution in [0.2, 0.25) is 0 Å². The van der Waals surface area contributed by atoms with E-state index < -0.39 is 0 Å². The Balaban J connectivity index is 1.81. The van der Waals surface area contributed by atoms with Crippen LogP contribution >= 0.6 is 11.3 Å². The lowest BCUT2D eigenvalue weighted by Gasteiger charge is -2.17. The Hall–Kier alpha value is -2.50. The largest absolute Gasteiger partial charge is 0.355 e. The number of rotatable bonds is 7. The van der Waals surface area contributed by atoms with Crippen LogP contribution in [0.4, 0.5) is 0 Å². The van der Waals surface area contributed by atoms with Crippen LogP contribution in [0.1, 0.15) is 55.5 Å². The Bertz CT molecular complexity index is 911. The molecule has 3 aromatic rings. The van der Waals surface area contributed by atoms with Crippen molar-refractivity contribution in [2.45, 2.75) is 26.8 Å². The number of Topliss-reactive ketones (excluding diaryl/α,β-unsaturated/α-hetero) is 2. The van der Waals surface area contributed by atoms with Crippen LogP contribution in [0.5, 0.6) is 0 Å². The topological polar surface area (TPSA) is 62.0 Å². The number of H-pyrrole nitrogens is 1. The third-order valence-corrected chi connectivity index (χ3v) is 5.43. The molecule has 0 aliphatic heterocycles. The summed E-state index contributed by atoms with van der Waals surface area (Å²) in [5.41, 5.74) is 3.72. The number of carbonyl (C=O) groups excluding carboxylic acids is 2. The van der Waals surface area contributed by atoms with Crippen LogP contribution in [0.15, 0.2) is 47.8 Å². The molecule has 0 saturated carbocycles. The highest BCUT2D eigenvalue weighted by atomic mass is 32.1. The van der Waals surface area contributed by atoms with Crippen molar-refractivity contribution in [3.8, 4) is 0 Å². The van der Waals surface area contributed by atoms with Crippen LogP contribution in [-0.2, 0) is 0 Å². The van der Waals surface area contributed by atoms with E-state index in [4.69, 9.17) is 0 Å². The van der Waals surface area contributed by atoms with Crippen molar-refractivity contribution < 1.29 is 9.59 Å². The van der Waals surface area contributed by atoms with E-state index in [-0.39, 0.29) is 24.2 Å². The standard InChI is InChI=1S/C21H22N2O2S/c1-13-19(15(3)24)14(2)23-20(13)17(25)12-22-21(18-10-7-11-26-18)16-8-5-4-6-9-16/h4-11,21-23H,12H2,1-3H3/t21-/m1/s1. The first-order chi connectivity index (χ1) is 12.5. The third kappa shape index (κ3) is 3.69. The molecule has 3 rings (SSSR count). The summed E-state index contributed by atoms with van der Waals surface area (Å²) >= 11 is 1.66. The summed E-state index contributed by atoms with van der Waals surface area (Å²) in [5, 5.41) is 5.41. The second kappa shape index (κ2) is 7.81. The summed E-state index contributed by atoms with van der Waals surface area (Å²) in [7, 11) is 0. The van der Waals surface area contributed by atoms with Gasteiger partial charge in [0, 0.05) is 16.1 Å². The summed E-state index contributed by atoms with van der Waals surface area (Å²) < 4.78 is 0. The summed E-state index contributed by atoms with van der Waals surface area (Å²) in [6, 6.07) is 14.1. The zero-order chi connectivity index (χ0) is 18.7. The molecule has 0 unspecified atom stereocenters. The number of aromatic amines is 1. The Kier molecular flexibility index (Phi) is 5.49. The lowest BCUT2D eigenvalue weighted by atomic mass is 10.0. The zero-order valence-electron chi connectivity index (χ0n) is 15.1. The van der Waals surface area contributed by atoms with E-state index in [0.717, 1.165) is 21.7 Å². The smallest absolute Gasteiger partial charge is 0.193 e. The molecular formula is C21H22N2O2S. The van der Waals surface area contributed by atoms with Gasteiger partial charge in [0.25, 0.3) is 0 Å². The molecule has 2 heterocycles. The van der Waals surface area contributed by atoms with Gasteiger partial charge in [-0.1, -0.05) is 36.4 Å². The highest BCUT2D eigenvalue weighted by Gasteiger charge is 2.21. The maximum atomic E-state index is 12.8. The van der Waals surface area contributed by atoms with Crippen LogP contribution in [0.3, 0.4) is 0 Å². The predicted molar refractivity (Wildman–Crippen MR) is 105 cm³/mol. The molecule has 2 aromatic heterocycles.